The predicted molar refractivity (Wildman–Crippen MR) is 118 cm³/mol. The Hall–Kier alpha value is -3.01. The highest BCUT2D eigenvalue weighted by molar-refractivity contribution is 6.29. The number of ether oxygens (including phenoxy) is 1. The predicted octanol–water partition coefficient (Wildman–Crippen LogP) is 5.99. The second-order valence-corrected chi connectivity index (χ2v) is 8.00. The lowest BCUT2D eigenvalue weighted by atomic mass is 9.98. The van der Waals surface area contributed by atoms with Crippen molar-refractivity contribution in [3.63, 3.8) is 0 Å². The Morgan fingerprint density at radius 2 is 1.67 bits per heavy atom. The Bertz CT molecular complexity index is 1050. The van der Waals surface area contributed by atoms with Crippen molar-refractivity contribution in [2.45, 2.75) is 45.4 Å². The summed E-state index contributed by atoms with van der Waals surface area (Å²) in [7, 11) is 0. The molecule has 1 aliphatic rings. The van der Waals surface area contributed by atoms with Crippen LogP contribution in [0.2, 0.25) is 0 Å². The van der Waals surface area contributed by atoms with Gasteiger partial charge in [0.05, 0.1) is 12.3 Å². The van der Waals surface area contributed by atoms with Crippen LogP contribution in [0.15, 0.2) is 54.6 Å². The van der Waals surface area contributed by atoms with Gasteiger partial charge in [-0.05, 0) is 24.5 Å². The van der Waals surface area contributed by atoms with Gasteiger partial charge in [-0.1, -0.05) is 75.6 Å². The maximum atomic E-state index is 12.9. The molecule has 0 amide bonds. The number of Topliss-reactive ketones (excluding diaryl/α,β-unsaturated/α-hetero) is 2. The summed E-state index contributed by atoms with van der Waals surface area (Å²) in [6, 6.07) is 16.5. The number of para-hydroxylation sites is 1. The van der Waals surface area contributed by atoms with E-state index in [1.807, 2.05) is 24.3 Å². The molecule has 4 rings (SSSR count). The van der Waals surface area contributed by atoms with Crippen LogP contribution in [0.4, 0.5) is 0 Å². The van der Waals surface area contributed by atoms with Crippen LogP contribution in [0.3, 0.4) is 0 Å². The summed E-state index contributed by atoms with van der Waals surface area (Å²) >= 11 is 0. The van der Waals surface area contributed by atoms with E-state index in [2.05, 4.69) is 13.8 Å². The van der Waals surface area contributed by atoms with Gasteiger partial charge in [-0.25, -0.2) is 4.98 Å². The highest BCUT2D eigenvalue weighted by Gasteiger charge is 2.40. The average molecular weight is 402 g/mol. The fourth-order valence-corrected chi connectivity index (χ4v) is 4.13. The first-order valence-electron chi connectivity index (χ1n) is 10.8. The molecule has 0 fully saturated rings. The molecular weight excluding hydrogens is 374 g/mol. The van der Waals surface area contributed by atoms with E-state index in [9.17, 15) is 9.59 Å². The second-order valence-electron chi connectivity index (χ2n) is 8.00. The van der Waals surface area contributed by atoms with Gasteiger partial charge >= 0.3 is 0 Å². The third kappa shape index (κ3) is 3.74. The Balaban J connectivity index is 1.64. The summed E-state index contributed by atoms with van der Waals surface area (Å²) < 4.78 is 6.17. The molecule has 30 heavy (non-hydrogen) atoms. The molecule has 154 valence electrons. The molecule has 4 nitrogen and oxygen atoms in total. The lowest BCUT2D eigenvalue weighted by Crippen LogP contribution is -2.15. The molecule has 0 aliphatic heterocycles. The van der Waals surface area contributed by atoms with Crippen molar-refractivity contribution in [3.8, 4) is 5.75 Å². The summed E-state index contributed by atoms with van der Waals surface area (Å²) in [6.45, 7) is 5.04. The lowest BCUT2D eigenvalue weighted by Gasteiger charge is -2.17. The molecule has 1 heterocycles. The number of hydrogen-bond donors (Lipinski definition) is 0. The smallest absolute Gasteiger partial charge is 0.180 e. The molecule has 4 heteroatoms. The van der Waals surface area contributed by atoms with E-state index in [1.54, 1.807) is 30.3 Å². The van der Waals surface area contributed by atoms with Crippen LogP contribution in [-0.2, 0) is 0 Å². The van der Waals surface area contributed by atoms with Crippen LogP contribution in [-0.4, -0.2) is 23.2 Å². The minimum absolute atomic E-state index is 0.175. The van der Waals surface area contributed by atoms with E-state index in [0.717, 1.165) is 18.2 Å². The number of fused-ring (bicyclic) bond motifs is 2. The molecule has 0 spiro atoms. The minimum atomic E-state index is -0.868. The van der Waals surface area contributed by atoms with Gasteiger partial charge in [0.1, 0.15) is 17.2 Å². The molecule has 2 aromatic carbocycles. The number of carbonyl (C=O) groups is 2. The molecule has 1 aliphatic carbocycles. The van der Waals surface area contributed by atoms with Crippen LogP contribution in [0.1, 0.15) is 71.9 Å². The number of benzene rings is 2. The number of ketones is 2. The molecule has 3 aromatic rings. The van der Waals surface area contributed by atoms with Gasteiger partial charge in [0.2, 0.25) is 0 Å². The van der Waals surface area contributed by atoms with E-state index < -0.39 is 5.92 Å². The Morgan fingerprint density at radius 1 is 0.933 bits per heavy atom. The summed E-state index contributed by atoms with van der Waals surface area (Å²) in [6.07, 6.45) is 4.61. The zero-order valence-corrected chi connectivity index (χ0v) is 17.6. The van der Waals surface area contributed by atoms with Crippen molar-refractivity contribution in [3.05, 3.63) is 71.4 Å². The number of carbonyl (C=O) groups excluding carboxylic acids is 2. The molecule has 0 saturated heterocycles. The highest BCUT2D eigenvalue weighted by Crippen LogP contribution is 2.35. The fraction of sp³-hybridized carbons (Fsp3) is 0.346. The van der Waals surface area contributed by atoms with E-state index >= 15 is 0 Å². The molecular formula is C26H27NO3. The van der Waals surface area contributed by atoms with E-state index in [1.165, 1.54) is 12.8 Å². The summed E-state index contributed by atoms with van der Waals surface area (Å²) in [5.74, 6) is 0.00121. The number of hydrogen-bond acceptors (Lipinski definition) is 4. The number of unbranched alkanes of at least 4 members (excludes halogenated alkanes) is 1. The van der Waals surface area contributed by atoms with Crippen molar-refractivity contribution >= 4 is 22.5 Å². The maximum Gasteiger partial charge on any atom is 0.180 e. The van der Waals surface area contributed by atoms with Crippen LogP contribution in [0, 0.1) is 5.92 Å². The van der Waals surface area contributed by atoms with Crippen LogP contribution < -0.4 is 4.74 Å². The first-order chi connectivity index (χ1) is 14.6. The number of pyridine rings is 1. The van der Waals surface area contributed by atoms with Gasteiger partial charge in [0.15, 0.2) is 11.6 Å². The monoisotopic (exact) mass is 401 g/mol. The highest BCUT2D eigenvalue weighted by atomic mass is 16.5. The fourth-order valence-electron chi connectivity index (χ4n) is 4.13. The van der Waals surface area contributed by atoms with Crippen molar-refractivity contribution in [2.24, 2.45) is 5.92 Å². The van der Waals surface area contributed by atoms with E-state index in [4.69, 9.17) is 9.72 Å². The minimum Gasteiger partial charge on any atom is -0.491 e. The number of rotatable bonds is 8. The Labute approximate surface area is 177 Å². The molecule has 0 N–H and O–H groups in total. The zero-order valence-electron chi connectivity index (χ0n) is 17.6. The standard InChI is InChI=1S/C26H27NO3/c1-3-5-9-17(4-2)16-30-22-13-8-10-18-14-15-21(27-24(18)22)23-25(28)19-11-6-7-12-20(19)26(23)29/h6-8,10-15,17,23H,3-5,9,16H2,1-2H3. The maximum absolute atomic E-state index is 12.9. The molecule has 0 saturated carbocycles. The third-order valence-electron chi connectivity index (χ3n) is 6.00. The van der Waals surface area contributed by atoms with Gasteiger partial charge < -0.3 is 4.74 Å². The summed E-state index contributed by atoms with van der Waals surface area (Å²) in [5.41, 5.74) is 2.17. The number of aromatic nitrogens is 1. The van der Waals surface area contributed by atoms with Gasteiger partial charge in [-0.3, -0.25) is 9.59 Å². The zero-order chi connectivity index (χ0) is 21.1. The van der Waals surface area contributed by atoms with Crippen LogP contribution in [0.25, 0.3) is 10.9 Å². The molecule has 0 bridgehead atoms. The Kier molecular flexibility index (Phi) is 5.93. The molecule has 0 radical (unpaired) electrons. The molecule has 1 atom stereocenters. The van der Waals surface area contributed by atoms with Crippen molar-refractivity contribution in [1.82, 2.24) is 4.98 Å². The topological polar surface area (TPSA) is 56.3 Å². The average Bonchev–Trinajstić information content (AvgIpc) is 3.04. The van der Waals surface area contributed by atoms with Gasteiger partial charge in [0, 0.05) is 16.5 Å². The van der Waals surface area contributed by atoms with Gasteiger partial charge in [0.25, 0.3) is 0 Å². The molecule has 1 unspecified atom stereocenters. The summed E-state index contributed by atoms with van der Waals surface area (Å²) in [4.78, 5) is 30.5. The number of nitrogens with zero attached hydrogens (tertiary/aromatic N) is 1. The van der Waals surface area contributed by atoms with Crippen LogP contribution in [0.5, 0.6) is 5.75 Å². The van der Waals surface area contributed by atoms with E-state index in [-0.39, 0.29) is 11.6 Å². The normalized spacial score (nSPS) is 14.9. The van der Waals surface area contributed by atoms with Gasteiger partial charge in [-0.2, -0.15) is 0 Å². The first-order valence-corrected chi connectivity index (χ1v) is 10.8. The largest absolute Gasteiger partial charge is 0.491 e. The first kappa shape index (κ1) is 20.3. The van der Waals surface area contributed by atoms with Crippen LogP contribution >= 0.6 is 0 Å². The third-order valence-corrected chi connectivity index (χ3v) is 6.00. The second kappa shape index (κ2) is 8.78. The van der Waals surface area contributed by atoms with Crippen molar-refractivity contribution in [1.29, 1.82) is 0 Å². The lowest BCUT2D eigenvalue weighted by molar-refractivity contribution is 0.0888. The summed E-state index contributed by atoms with van der Waals surface area (Å²) in [5, 5.41) is 0.938. The van der Waals surface area contributed by atoms with Crippen molar-refractivity contribution < 1.29 is 14.3 Å². The van der Waals surface area contributed by atoms with Gasteiger partial charge in [-0.15, -0.1) is 0 Å². The SMILES string of the molecule is CCCCC(CC)COc1cccc2ccc(C3C(=O)c4ccccc4C3=O)nc12. The molecule has 1 aromatic heterocycles. The van der Waals surface area contributed by atoms with Crippen molar-refractivity contribution in [2.75, 3.05) is 6.61 Å². The quantitative estimate of drug-likeness (QED) is 0.435. The van der Waals surface area contributed by atoms with E-state index in [0.29, 0.717) is 40.6 Å². The Morgan fingerprint density at radius 3 is 2.33 bits per heavy atom.